The second kappa shape index (κ2) is 17.1. The van der Waals surface area contributed by atoms with E-state index in [0.29, 0.717) is 0 Å². The van der Waals surface area contributed by atoms with E-state index >= 15 is 0 Å². The standard InChI is InChI=1S/C52H44N2/c1-4-5-11-43-20-32-49(33-21-43)53(47-28-16-40(2)17-29-47)51-36-24-45(25-37-51)46-26-38-52(39-27-46)54(48-30-18-41(3)19-31-48)50-34-22-44(23-35-50)15-10-9-14-42-12-7-6-8-13-42/h4-39H,1H2,2-3H3/b11-5+,14-9+,15-10+. The SMILES string of the molecule is C=C/C=C/c1ccc(N(c2ccc(C)cc2)c2ccc(-c3ccc(N(c4ccc(C)cc4)c4ccc(/C=C/C=C/c5ccccc5)cc4)cc3)cc2)cc1. The number of anilines is 6. The molecule has 0 atom stereocenters. The van der Waals surface area contributed by atoms with Crippen LogP contribution in [-0.4, -0.2) is 0 Å². The van der Waals surface area contributed by atoms with E-state index in [1.807, 2.05) is 12.1 Å². The van der Waals surface area contributed by atoms with Gasteiger partial charge in [0.15, 0.2) is 0 Å². The number of rotatable bonds is 12. The van der Waals surface area contributed by atoms with Crippen LogP contribution < -0.4 is 9.80 Å². The predicted molar refractivity (Wildman–Crippen MR) is 234 cm³/mol. The largest absolute Gasteiger partial charge is 0.311 e. The van der Waals surface area contributed by atoms with Gasteiger partial charge in [0.05, 0.1) is 0 Å². The third-order valence-corrected chi connectivity index (χ3v) is 9.38. The van der Waals surface area contributed by atoms with Crippen LogP contribution in [0.15, 0.2) is 207 Å². The zero-order valence-electron chi connectivity index (χ0n) is 30.9. The van der Waals surface area contributed by atoms with Crippen LogP contribution in [0.4, 0.5) is 34.1 Å². The minimum absolute atomic E-state index is 1.10. The van der Waals surface area contributed by atoms with Crippen molar-refractivity contribution in [1.29, 1.82) is 0 Å². The first kappa shape index (κ1) is 35.5. The van der Waals surface area contributed by atoms with Gasteiger partial charge >= 0.3 is 0 Å². The smallest absolute Gasteiger partial charge is 0.0462 e. The molecular formula is C52H44N2. The third kappa shape index (κ3) is 8.75. The van der Waals surface area contributed by atoms with Gasteiger partial charge in [-0.25, -0.2) is 0 Å². The molecule has 0 saturated heterocycles. The van der Waals surface area contributed by atoms with Crippen molar-refractivity contribution in [2.75, 3.05) is 9.80 Å². The molecule has 54 heavy (non-hydrogen) atoms. The van der Waals surface area contributed by atoms with E-state index in [1.165, 1.54) is 27.8 Å². The molecule has 0 spiro atoms. The normalized spacial score (nSPS) is 11.4. The lowest BCUT2D eigenvalue weighted by Crippen LogP contribution is -2.10. The van der Waals surface area contributed by atoms with Crippen LogP contribution in [0.5, 0.6) is 0 Å². The number of aryl methyl sites for hydroxylation is 2. The molecule has 0 aliphatic rings. The third-order valence-electron chi connectivity index (χ3n) is 9.38. The fourth-order valence-corrected chi connectivity index (χ4v) is 6.43. The van der Waals surface area contributed by atoms with Crippen molar-refractivity contribution < 1.29 is 0 Å². The van der Waals surface area contributed by atoms with Gasteiger partial charge in [0.25, 0.3) is 0 Å². The van der Waals surface area contributed by atoms with E-state index in [-0.39, 0.29) is 0 Å². The molecule has 0 unspecified atom stereocenters. The van der Waals surface area contributed by atoms with Gasteiger partial charge in [-0.15, -0.1) is 0 Å². The van der Waals surface area contributed by atoms with Gasteiger partial charge in [0.2, 0.25) is 0 Å². The lowest BCUT2D eigenvalue weighted by Gasteiger charge is -2.26. The van der Waals surface area contributed by atoms with Crippen molar-refractivity contribution in [3.63, 3.8) is 0 Å². The molecule has 0 radical (unpaired) electrons. The van der Waals surface area contributed by atoms with Crippen molar-refractivity contribution in [1.82, 2.24) is 0 Å². The Morgan fingerprint density at radius 3 is 0.981 bits per heavy atom. The Balaban J connectivity index is 1.13. The van der Waals surface area contributed by atoms with Gasteiger partial charge in [0, 0.05) is 34.1 Å². The molecule has 7 aromatic rings. The first-order valence-electron chi connectivity index (χ1n) is 18.4. The van der Waals surface area contributed by atoms with Crippen LogP contribution in [0.3, 0.4) is 0 Å². The van der Waals surface area contributed by atoms with Gasteiger partial charge in [0.1, 0.15) is 0 Å². The van der Waals surface area contributed by atoms with Crippen LogP contribution in [0.25, 0.3) is 29.4 Å². The summed E-state index contributed by atoms with van der Waals surface area (Å²) < 4.78 is 0. The van der Waals surface area contributed by atoms with Gasteiger partial charge in [-0.05, 0) is 114 Å². The van der Waals surface area contributed by atoms with Gasteiger partial charge in [-0.3, -0.25) is 0 Å². The monoisotopic (exact) mass is 696 g/mol. The maximum Gasteiger partial charge on any atom is 0.0462 e. The topological polar surface area (TPSA) is 6.48 Å². The van der Waals surface area contributed by atoms with E-state index in [9.17, 15) is 0 Å². The predicted octanol–water partition coefficient (Wildman–Crippen LogP) is 14.8. The molecule has 0 fully saturated rings. The lowest BCUT2D eigenvalue weighted by atomic mass is 10.0. The number of benzene rings is 7. The summed E-state index contributed by atoms with van der Waals surface area (Å²) in [6.07, 6.45) is 14.2. The Morgan fingerprint density at radius 2 is 0.630 bits per heavy atom. The van der Waals surface area contributed by atoms with Gasteiger partial charge in [-0.2, -0.15) is 0 Å². The van der Waals surface area contributed by atoms with E-state index in [1.54, 1.807) is 6.08 Å². The highest BCUT2D eigenvalue weighted by atomic mass is 15.1. The van der Waals surface area contributed by atoms with Crippen LogP contribution in [0.2, 0.25) is 0 Å². The molecule has 0 aliphatic carbocycles. The van der Waals surface area contributed by atoms with Crippen molar-refractivity contribution >= 4 is 52.4 Å². The molecule has 0 saturated carbocycles. The number of allylic oxidation sites excluding steroid dienone is 4. The molecule has 0 aromatic heterocycles. The Labute approximate surface area is 320 Å². The molecule has 0 amide bonds. The average Bonchev–Trinajstić information content (AvgIpc) is 3.22. The summed E-state index contributed by atoms with van der Waals surface area (Å²) in [4.78, 5) is 4.61. The van der Waals surface area contributed by atoms with Crippen LogP contribution >= 0.6 is 0 Å². The molecular weight excluding hydrogens is 653 g/mol. The van der Waals surface area contributed by atoms with Crippen molar-refractivity contribution in [2.45, 2.75) is 13.8 Å². The van der Waals surface area contributed by atoms with Crippen LogP contribution in [-0.2, 0) is 0 Å². The van der Waals surface area contributed by atoms with Crippen LogP contribution in [0, 0.1) is 13.8 Å². The van der Waals surface area contributed by atoms with E-state index in [4.69, 9.17) is 0 Å². The fraction of sp³-hybridized carbons (Fsp3) is 0.0385. The highest BCUT2D eigenvalue weighted by Gasteiger charge is 2.15. The molecule has 0 heterocycles. The maximum absolute atomic E-state index is 3.79. The molecule has 2 heteroatoms. The molecule has 7 aromatic carbocycles. The Kier molecular flexibility index (Phi) is 11.2. The second-order valence-corrected chi connectivity index (χ2v) is 13.3. The molecule has 262 valence electrons. The summed E-state index contributed by atoms with van der Waals surface area (Å²) in [6, 6.07) is 62.8. The quantitative estimate of drug-likeness (QED) is 0.117. The summed E-state index contributed by atoms with van der Waals surface area (Å²) in [6.45, 7) is 8.04. The summed E-state index contributed by atoms with van der Waals surface area (Å²) in [5.74, 6) is 0. The minimum atomic E-state index is 1.10. The Morgan fingerprint density at radius 1 is 0.333 bits per heavy atom. The zero-order valence-corrected chi connectivity index (χ0v) is 30.9. The fourth-order valence-electron chi connectivity index (χ4n) is 6.43. The van der Waals surface area contributed by atoms with Crippen LogP contribution in [0.1, 0.15) is 27.8 Å². The molecule has 7 rings (SSSR count). The minimum Gasteiger partial charge on any atom is -0.311 e. The van der Waals surface area contributed by atoms with E-state index < -0.39 is 0 Å². The Bertz CT molecular complexity index is 2350. The van der Waals surface area contributed by atoms with Gasteiger partial charge in [-0.1, -0.05) is 163 Å². The number of hydrogen-bond acceptors (Lipinski definition) is 2. The molecule has 0 bridgehead atoms. The Hall–Kier alpha value is -6.90. The summed E-state index contributed by atoms with van der Waals surface area (Å²) >= 11 is 0. The summed E-state index contributed by atoms with van der Waals surface area (Å²) in [5, 5.41) is 0. The van der Waals surface area contributed by atoms with E-state index in [2.05, 4.69) is 230 Å². The van der Waals surface area contributed by atoms with E-state index in [0.717, 1.165) is 45.3 Å². The number of hydrogen-bond donors (Lipinski definition) is 0. The van der Waals surface area contributed by atoms with Crippen molar-refractivity contribution in [3.8, 4) is 11.1 Å². The zero-order chi connectivity index (χ0) is 37.1. The van der Waals surface area contributed by atoms with Crippen molar-refractivity contribution in [3.05, 3.63) is 235 Å². The maximum atomic E-state index is 3.79. The van der Waals surface area contributed by atoms with Crippen molar-refractivity contribution in [2.24, 2.45) is 0 Å². The highest BCUT2D eigenvalue weighted by molar-refractivity contribution is 5.81. The second-order valence-electron chi connectivity index (χ2n) is 13.3. The van der Waals surface area contributed by atoms with Gasteiger partial charge < -0.3 is 9.80 Å². The molecule has 2 nitrogen and oxygen atoms in total. The number of nitrogens with zero attached hydrogens (tertiary/aromatic N) is 2. The first-order valence-corrected chi connectivity index (χ1v) is 18.4. The molecule has 0 N–H and O–H groups in total. The summed E-state index contributed by atoms with van der Waals surface area (Å²) in [7, 11) is 0. The average molecular weight is 697 g/mol. The first-order chi connectivity index (χ1) is 26.5. The highest BCUT2D eigenvalue weighted by Crippen LogP contribution is 2.38. The molecule has 0 aliphatic heterocycles. The lowest BCUT2D eigenvalue weighted by molar-refractivity contribution is 1.27. The summed E-state index contributed by atoms with van der Waals surface area (Å²) in [5.41, 5.74) is 14.9.